The first-order valence-corrected chi connectivity index (χ1v) is 7.74. The molecule has 0 bridgehead atoms. The Morgan fingerprint density at radius 2 is 1.95 bits per heavy atom. The van der Waals surface area contributed by atoms with Crippen LogP contribution in [0.3, 0.4) is 0 Å². The van der Waals surface area contributed by atoms with Crippen molar-refractivity contribution in [1.82, 2.24) is 5.32 Å². The summed E-state index contributed by atoms with van der Waals surface area (Å²) in [5.74, 6) is 0. The predicted octanol–water partition coefficient (Wildman–Crippen LogP) is 2.92. The second-order valence-electron chi connectivity index (χ2n) is 5.12. The third-order valence-corrected chi connectivity index (χ3v) is 3.32. The Bertz CT molecular complexity index is 448. The molecule has 0 atom stereocenters. The molecule has 0 amide bonds. The number of ether oxygens (including phenoxy) is 1. The zero-order chi connectivity index (χ0) is 15.5. The van der Waals surface area contributed by atoms with Crippen LogP contribution in [-0.4, -0.2) is 33.4 Å². The molecule has 0 aliphatic rings. The normalized spacial score (nSPS) is 10.4. The van der Waals surface area contributed by atoms with Gasteiger partial charge in [-0.05, 0) is 30.5 Å². The third kappa shape index (κ3) is 5.74. The lowest BCUT2D eigenvalue weighted by Crippen LogP contribution is -2.26. The van der Waals surface area contributed by atoms with Crippen LogP contribution in [-0.2, 0) is 11.3 Å². The van der Waals surface area contributed by atoms with E-state index in [0.29, 0.717) is 6.61 Å². The highest BCUT2D eigenvalue weighted by Gasteiger charge is 2.10. The van der Waals surface area contributed by atoms with Gasteiger partial charge in [-0.3, -0.25) is 0 Å². The van der Waals surface area contributed by atoms with E-state index >= 15 is 0 Å². The number of hydrogen-bond donors (Lipinski definition) is 1. The molecule has 4 nitrogen and oxygen atoms in total. The van der Waals surface area contributed by atoms with Crippen molar-refractivity contribution in [2.45, 2.75) is 33.2 Å². The van der Waals surface area contributed by atoms with Crippen molar-refractivity contribution in [2.75, 3.05) is 38.3 Å². The molecule has 116 valence electrons. The summed E-state index contributed by atoms with van der Waals surface area (Å²) in [6.45, 7) is 8.61. The molecule has 1 aromatic rings. The lowest BCUT2D eigenvalue weighted by molar-refractivity contribution is 0.199. The number of nitrogens with zero attached hydrogens (tertiary/aromatic N) is 2. The van der Waals surface area contributed by atoms with Crippen molar-refractivity contribution < 1.29 is 4.74 Å². The van der Waals surface area contributed by atoms with Crippen molar-refractivity contribution >= 4 is 5.69 Å². The highest BCUT2D eigenvalue weighted by Crippen LogP contribution is 2.22. The van der Waals surface area contributed by atoms with Gasteiger partial charge in [-0.15, -0.1) is 0 Å². The van der Waals surface area contributed by atoms with Gasteiger partial charge in [-0.25, -0.2) is 0 Å². The van der Waals surface area contributed by atoms with E-state index in [0.717, 1.165) is 55.8 Å². The number of methoxy groups -OCH3 is 1. The Kier molecular flexibility index (Phi) is 8.49. The molecule has 0 saturated carbocycles. The second kappa shape index (κ2) is 10.2. The molecular weight excluding hydrogens is 262 g/mol. The predicted molar refractivity (Wildman–Crippen MR) is 87.5 cm³/mol. The fourth-order valence-electron chi connectivity index (χ4n) is 2.36. The molecule has 0 aromatic heterocycles. The van der Waals surface area contributed by atoms with E-state index in [1.165, 1.54) is 0 Å². The molecule has 1 N–H and O–H groups in total. The molecular formula is C17H27N3O. The van der Waals surface area contributed by atoms with Gasteiger partial charge < -0.3 is 15.0 Å². The van der Waals surface area contributed by atoms with E-state index in [1.54, 1.807) is 7.11 Å². The summed E-state index contributed by atoms with van der Waals surface area (Å²) in [4.78, 5) is 2.31. The van der Waals surface area contributed by atoms with Gasteiger partial charge in [0.15, 0.2) is 0 Å². The van der Waals surface area contributed by atoms with Gasteiger partial charge in [-0.1, -0.05) is 19.9 Å². The van der Waals surface area contributed by atoms with E-state index in [2.05, 4.69) is 42.3 Å². The average molecular weight is 289 g/mol. The number of rotatable bonds is 10. The van der Waals surface area contributed by atoms with E-state index in [1.807, 2.05) is 6.07 Å². The molecule has 21 heavy (non-hydrogen) atoms. The van der Waals surface area contributed by atoms with Crippen LogP contribution in [0.4, 0.5) is 5.69 Å². The van der Waals surface area contributed by atoms with Crippen molar-refractivity contribution in [2.24, 2.45) is 0 Å². The molecule has 1 rings (SSSR count). The lowest BCUT2D eigenvalue weighted by Gasteiger charge is -2.25. The van der Waals surface area contributed by atoms with E-state index in [4.69, 9.17) is 4.74 Å². The maximum absolute atomic E-state index is 9.42. The molecule has 1 aromatic carbocycles. The summed E-state index contributed by atoms with van der Waals surface area (Å²) in [5, 5.41) is 12.7. The molecule has 0 radical (unpaired) electrons. The zero-order valence-corrected chi connectivity index (χ0v) is 13.5. The summed E-state index contributed by atoms with van der Waals surface area (Å²) in [6.07, 6.45) is 2.18. The first-order chi connectivity index (χ1) is 10.3. The van der Waals surface area contributed by atoms with Gasteiger partial charge in [0.25, 0.3) is 0 Å². The molecule has 0 saturated heterocycles. The first kappa shape index (κ1) is 17.5. The zero-order valence-electron chi connectivity index (χ0n) is 13.5. The topological polar surface area (TPSA) is 48.3 Å². The molecule has 0 aliphatic carbocycles. The standard InChI is InChI=1S/C17H27N3O/c1-4-9-20(10-5-2)17-7-6-15(12-16(17)13-18)14-19-8-11-21-3/h6-7,12,19H,4-5,8-11,14H2,1-3H3. The monoisotopic (exact) mass is 289 g/mol. The fourth-order valence-corrected chi connectivity index (χ4v) is 2.36. The van der Waals surface area contributed by atoms with Crippen LogP contribution >= 0.6 is 0 Å². The van der Waals surface area contributed by atoms with Crippen LogP contribution in [0.25, 0.3) is 0 Å². The summed E-state index contributed by atoms with van der Waals surface area (Å²) in [7, 11) is 1.69. The van der Waals surface area contributed by atoms with E-state index in [9.17, 15) is 5.26 Å². The van der Waals surface area contributed by atoms with Crippen molar-refractivity contribution in [3.63, 3.8) is 0 Å². The lowest BCUT2D eigenvalue weighted by atomic mass is 10.1. The first-order valence-electron chi connectivity index (χ1n) is 7.74. The Morgan fingerprint density at radius 3 is 2.52 bits per heavy atom. The van der Waals surface area contributed by atoms with Gasteiger partial charge in [0, 0.05) is 33.3 Å². The Morgan fingerprint density at radius 1 is 1.24 bits per heavy atom. The maximum atomic E-state index is 9.42. The van der Waals surface area contributed by atoms with Crippen LogP contribution in [0.5, 0.6) is 0 Å². The van der Waals surface area contributed by atoms with Crippen molar-refractivity contribution in [3.05, 3.63) is 29.3 Å². The Balaban J connectivity index is 2.80. The van der Waals surface area contributed by atoms with Crippen LogP contribution in [0.1, 0.15) is 37.8 Å². The Hall–Kier alpha value is -1.57. The Labute approximate surface area is 128 Å². The molecule has 0 spiro atoms. The van der Waals surface area contributed by atoms with E-state index in [-0.39, 0.29) is 0 Å². The SMILES string of the molecule is CCCN(CCC)c1ccc(CNCCOC)cc1C#N. The van der Waals surface area contributed by atoms with Crippen LogP contribution in [0, 0.1) is 11.3 Å². The number of benzene rings is 1. The highest BCUT2D eigenvalue weighted by atomic mass is 16.5. The summed E-state index contributed by atoms with van der Waals surface area (Å²) in [5.41, 5.74) is 2.96. The molecule has 0 unspecified atom stereocenters. The number of nitrogens with one attached hydrogen (secondary N) is 1. The van der Waals surface area contributed by atoms with Gasteiger partial charge in [0.1, 0.15) is 6.07 Å². The number of hydrogen-bond acceptors (Lipinski definition) is 4. The van der Waals surface area contributed by atoms with Gasteiger partial charge in [-0.2, -0.15) is 5.26 Å². The fraction of sp³-hybridized carbons (Fsp3) is 0.588. The quantitative estimate of drug-likeness (QED) is 0.673. The molecule has 0 heterocycles. The minimum Gasteiger partial charge on any atom is -0.383 e. The van der Waals surface area contributed by atoms with Crippen LogP contribution in [0.2, 0.25) is 0 Å². The second-order valence-corrected chi connectivity index (χ2v) is 5.12. The van der Waals surface area contributed by atoms with Gasteiger partial charge in [0.2, 0.25) is 0 Å². The van der Waals surface area contributed by atoms with Crippen LogP contribution in [0.15, 0.2) is 18.2 Å². The summed E-state index contributed by atoms with van der Waals surface area (Å²) < 4.78 is 5.01. The molecule has 0 aliphatic heterocycles. The smallest absolute Gasteiger partial charge is 0.101 e. The van der Waals surface area contributed by atoms with Crippen molar-refractivity contribution in [3.8, 4) is 6.07 Å². The van der Waals surface area contributed by atoms with Crippen molar-refractivity contribution in [1.29, 1.82) is 5.26 Å². The minimum atomic E-state index is 0.698. The van der Waals surface area contributed by atoms with Gasteiger partial charge >= 0.3 is 0 Å². The number of nitriles is 1. The number of anilines is 1. The largest absolute Gasteiger partial charge is 0.383 e. The molecule has 0 fully saturated rings. The third-order valence-electron chi connectivity index (χ3n) is 3.32. The summed E-state index contributed by atoms with van der Waals surface area (Å²) in [6, 6.07) is 8.52. The maximum Gasteiger partial charge on any atom is 0.101 e. The highest BCUT2D eigenvalue weighted by molar-refractivity contribution is 5.60. The van der Waals surface area contributed by atoms with E-state index < -0.39 is 0 Å². The average Bonchev–Trinajstić information content (AvgIpc) is 2.51. The van der Waals surface area contributed by atoms with Gasteiger partial charge in [0.05, 0.1) is 17.9 Å². The summed E-state index contributed by atoms with van der Waals surface area (Å²) >= 11 is 0. The minimum absolute atomic E-state index is 0.698. The molecule has 4 heteroatoms. The van der Waals surface area contributed by atoms with Crippen LogP contribution < -0.4 is 10.2 Å².